The van der Waals surface area contributed by atoms with Crippen molar-refractivity contribution in [2.24, 2.45) is 0 Å². The Balaban J connectivity index is 2.00. The van der Waals surface area contributed by atoms with Crippen LogP contribution in [0.5, 0.6) is 0 Å². The van der Waals surface area contributed by atoms with Gasteiger partial charge in [0.25, 0.3) is 0 Å². The lowest BCUT2D eigenvalue weighted by Gasteiger charge is -2.30. The van der Waals surface area contributed by atoms with E-state index in [1.165, 1.54) is 0 Å². The summed E-state index contributed by atoms with van der Waals surface area (Å²) in [4.78, 5) is 27.9. The minimum atomic E-state index is -0.655. The van der Waals surface area contributed by atoms with Crippen LogP contribution in [0.2, 0.25) is 0 Å². The van der Waals surface area contributed by atoms with Crippen LogP contribution in [0, 0.1) is 0 Å². The van der Waals surface area contributed by atoms with Gasteiger partial charge in [-0.25, -0.2) is 0 Å². The van der Waals surface area contributed by atoms with Crippen molar-refractivity contribution in [1.29, 1.82) is 0 Å². The molecular formula is C14H17N3O4. The van der Waals surface area contributed by atoms with E-state index >= 15 is 0 Å². The summed E-state index contributed by atoms with van der Waals surface area (Å²) in [5, 5.41) is 3.21. The number of benzene rings is 1. The van der Waals surface area contributed by atoms with Gasteiger partial charge in [-0.2, -0.15) is 0 Å². The zero-order valence-electron chi connectivity index (χ0n) is 11.6. The Kier molecular flexibility index (Phi) is 3.87. The predicted octanol–water partition coefficient (Wildman–Crippen LogP) is -0.108. The smallest absolute Gasteiger partial charge is 0.314 e. The Bertz CT molecular complexity index is 746. The Morgan fingerprint density at radius 2 is 1.95 bits per heavy atom. The van der Waals surface area contributed by atoms with Gasteiger partial charge in [-0.05, 0) is 24.7 Å². The predicted molar refractivity (Wildman–Crippen MR) is 77.5 cm³/mol. The van der Waals surface area contributed by atoms with Crippen LogP contribution < -0.4 is 16.4 Å². The van der Waals surface area contributed by atoms with Crippen LogP contribution >= 0.6 is 0 Å². The van der Waals surface area contributed by atoms with E-state index in [1.807, 2.05) is 19.2 Å². The number of hydrogen-bond donors (Lipinski definition) is 3. The molecule has 1 aromatic heterocycles. The van der Waals surface area contributed by atoms with Gasteiger partial charge in [0.05, 0.1) is 36.9 Å². The molecule has 7 nitrogen and oxygen atoms in total. The van der Waals surface area contributed by atoms with Crippen LogP contribution in [0.15, 0.2) is 27.8 Å². The molecular weight excluding hydrogens is 274 g/mol. The molecule has 0 bridgehead atoms. The van der Waals surface area contributed by atoms with E-state index in [-0.39, 0.29) is 12.1 Å². The van der Waals surface area contributed by atoms with Gasteiger partial charge in [0, 0.05) is 0 Å². The van der Waals surface area contributed by atoms with Crippen molar-refractivity contribution in [2.45, 2.75) is 12.1 Å². The van der Waals surface area contributed by atoms with Gasteiger partial charge >= 0.3 is 11.1 Å². The molecule has 0 radical (unpaired) electrons. The molecule has 3 rings (SSSR count). The molecule has 0 amide bonds. The Hall–Kier alpha value is -1.96. The number of likely N-dealkylation sites (N-methyl/N-ethyl adjacent to an activating group) is 1. The van der Waals surface area contributed by atoms with Gasteiger partial charge in [-0.15, -0.1) is 0 Å². The van der Waals surface area contributed by atoms with Crippen molar-refractivity contribution >= 4 is 11.0 Å². The molecule has 21 heavy (non-hydrogen) atoms. The second kappa shape index (κ2) is 5.80. The normalized spacial score (nSPS) is 20.5. The molecule has 1 saturated heterocycles. The first-order valence-electron chi connectivity index (χ1n) is 6.82. The van der Waals surface area contributed by atoms with Crippen molar-refractivity contribution in [3.05, 3.63) is 44.5 Å². The van der Waals surface area contributed by atoms with Crippen molar-refractivity contribution in [3.63, 3.8) is 0 Å². The zero-order valence-corrected chi connectivity index (χ0v) is 11.6. The van der Waals surface area contributed by atoms with Gasteiger partial charge in [0.1, 0.15) is 6.10 Å². The Morgan fingerprint density at radius 1 is 1.19 bits per heavy atom. The van der Waals surface area contributed by atoms with Crippen molar-refractivity contribution in [2.75, 3.05) is 26.9 Å². The van der Waals surface area contributed by atoms with E-state index < -0.39 is 11.1 Å². The first-order chi connectivity index (χ1) is 10.2. The van der Waals surface area contributed by atoms with E-state index in [2.05, 4.69) is 15.3 Å². The summed E-state index contributed by atoms with van der Waals surface area (Å²) in [5.41, 5.74) is 0.846. The molecule has 7 heteroatoms. The average Bonchev–Trinajstić information content (AvgIpc) is 2.50. The van der Waals surface area contributed by atoms with Gasteiger partial charge in [-0.3, -0.25) is 9.59 Å². The van der Waals surface area contributed by atoms with E-state index in [4.69, 9.17) is 9.47 Å². The molecule has 1 fully saturated rings. The molecule has 0 saturated carbocycles. The third-order valence-electron chi connectivity index (χ3n) is 3.63. The van der Waals surface area contributed by atoms with Crippen LogP contribution in [-0.2, 0) is 9.47 Å². The van der Waals surface area contributed by atoms with Crippen molar-refractivity contribution < 1.29 is 9.47 Å². The van der Waals surface area contributed by atoms with Gasteiger partial charge in [0.2, 0.25) is 0 Å². The minimum Gasteiger partial charge on any atom is -0.376 e. The van der Waals surface area contributed by atoms with Gasteiger partial charge in [-0.1, -0.05) is 6.07 Å². The lowest BCUT2D eigenvalue weighted by atomic mass is 10.0. The Labute approximate surface area is 120 Å². The average molecular weight is 291 g/mol. The fourth-order valence-electron chi connectivity index (χ4n) is 2.59. The first-order valence-corrected chi connectivity index (χ1v) is 6.82. The molecule has 0 aliphatic carbocycles. The summed E-state index contributed by atoms with van der Waals surface area (Å²) in [6.45, 7) is 1.70. The monoisotopic (exact) mass is 291 g/mol. The number of rotatable bonds is 3. The largest absolute Gasteiger partial charge is 0.376 e. The fourth-order valence-corrected chi connectivity index (χ4v) is 2.59. The second-order valence-corrected chi connectivity index (χ2v) is 4.96. The summed E-state index contributed by atoms with van der Waals surface area (Å²) >= 11 is 0. The molecule has 2 atom stereocenters. The summed E-state index contributed by atoms with van der Waals surface area (Å²) in [5.74, 6) is 0. The summed E-state index contributed by atoms with van der Waals surface area (Å²) in [7, 11) is 1.85. The molecule has 2 unspecified atom stereocenters. The summed E-state index contributed by atoms with van der Waals surface area (Å²) < 4.78 is 11.2. The molecule has 3 N–H and O–H groups in total. The number of aromatic amines is 2. The van der Waals surface area contributed by atoms with Gasteiger partial charge in [0.15, 0.2) is 0 Å². The SMILES string of the molecule is CNC(c1ccc2[nH]c(=O)c(=O)[nH]c2c1)C1COCCO1. The van der Waals surface area contributed by atoms with E-state index in [0.29, 0.717) is 30.9 Å². The number of ether oxygens (including phenoxy) is 2. The maximum Gasteiger partial charge on any atom is 0.314 e. The van der Waals surface area contributed by atoms with Crippen molar-refractivity contribution in [1.82, 2.24) is 15.3 Å². The highest BCUT2D eigenvalue weighted by atomic mass is 16.6. The number of aromatic nitrogens is 2. The number of hydrogen-bond acceptors (Lipinski definition) is 5. The maximum absolute atomic E-state index is 11.4. The first kappa shape index (κ1) is 14.0. The minimum absolute atomic E-state index is 0.0508. The van der Waals surface area contributed by atoms with E-state index in [1.54, 1.807) is 6.07 Å². The van der Waals surface area contributed by atoms with E-state index in [9.17, 15) is 9.59 Å². The van der Waals surface area contributed by atoms with Crippen molar-refractivity contribution in [3.8, 4) is 0 Å². The lowest BCUT2D eigenvalue weighted by molar-refractivity contribution is -0.101. The summed E-state index contributed by atoms with van der Waals surface area (Å²) in [6.07, 6.45) is -0.0873. The van der Waals surface area contributed by atoms with Gasteiger partial charge < -0.3 is 24.8 Å². The van der Waals surface area contributed by atoms with E-state index in [0.717, 1.165) is 5.56 Å². The fraction of sp³-hybridized carbons (Fsp3) is 0.429. The molecule has 1 aliphatic rings. The topological polar surface area (TPSA) is 96.2 Å². The molecule has 1 aromatic carbocycles. The number of fused-ring (bicyclic) bond motifs is 1. The molecule has 1 aliphatic heterocycles. The van der Waals surface area contributed by atoms with Crippen LogP contribution in [0.1, 0.15) is 11.6 Å². The highest BCUT2D eigenvalue weighted by Gasteiger charge is 2.25. The lowest BCUT2D eigenvalue weighted by Crippen LogP contribution is -2.39. The molecule has 2 heterocycles. The summed E-state index contributed by atoms with van der Waals surface area (Å²) in [6, 6.07) is 5.46. The molecule has 2 aromatic rings. The van der Waals surface area contributed by atoms with Crippen LogP contribution in [0.3, 0.4) is 0 Å². The van der Waals surface area contributed by atoms with Crippen LogP contribution in [0.4, 0.5) is 0 Å². The number of nitrogens with one attached hydrogen (secondary N) is 3. The number of H-pyrrole nitrogens is 2. The highest BCUT2D eigenvalue weighted by Crippen LogP contribution is 2.23. The second-order valence-electron chi connectivity index (χ2n) is 4.96. The third-order valence-corrected chi connectivity index (χ3v) is 3.63. The van der Waals surface area contributed by atoms with Crippen LogP contribution in [-0.4, -0.2) is 42.9 Å². The molecule has 0 spiro atoms. The zero-order chi connectivity index (χ0) is 14.8. The Morgan fingerprint density at radius 3 is 2.62 bits per heavy atom. The third kappa shape index (κ3) is 2.76. The quantitative estimate of drug-likeness (QED) is 0.686. The standard InChI is InChI=1S/C14H17N3O4/c1-15-12(11-7-20-4-5-21-11)8-2-3-9-10(6-8)17-14(19)13(18)16-9/h2-3,6,11-12,15H,4-5,7H2,1H3,(H,16,18)(H,17,19). The van der Waals surface area contributed by atoms with Crippen LogP contribution in [0.25, 0.3) is 11.0 Å². The maximum atomic E-state index is 11.4. The molecule has 112 valence electrons. The highest BCUT2D eigenvalue weighted by molar-refractivity contribution is 5.74.